The number of hydrogen-bond donors (Lipinski definition) is 0. The van der Waals surface area contributed by atoms with Gasteiger partial charge in [0.2, 0.25) is 11.7 Å². The van der Waals surface area contributed by atoms with E-state index in [0.717, 1.165) is 53.9 Å². The number of rotatable bonds is 5. The van der Waals surface area contributed by atoms with E-state index < -0.39 is 0 Å². The van der Waals surface area contributed by atoms with Gasteiger partial charge in [0.05, 0.1) is 41.9 Å². The number of pyridine rings is 1. The van der Waals surface area contributed by atoms with Gasteiger partial charge in [0.1, 0.15) is 0 Å². The van der Waals surface area contributed by atoms with Crippen LogP contribution >= 0.6 is 0 Å². The number of aromatic nitrogens is 1. The third-order valence-corrected chi connectivity index (χ3v) is 9.58. The zero-order valence-corrected chi connectivity index (χ0v) is 26.6. The van der Waals surface area contributed by atoms with Crippen molar-refractivity contribution in [3.05, 3.63) is 126 Å². The quantitative estimate of drug-likeness (QED) is 0.211. The molecule has 0 atom stereocenters. The number of fused-ring (bicyclic) bond motifs is 2. The van der Waals surface area contributed by atoms with E-state index in [9.17, 15) is 14.4 Å². The van der Waals surface area contributed by atoms with Crippen molar-refractivity contribution in [3.8, 4) is 22.3 Å². The van der Waals surface area contributed by atoms with Gasteiger partial charge in [-0.05, 0) is 64.7 Å². The van der Waals surface area contributed by atoms with Crippen molar-refractivity contribution in [2.45, 2.75) is 13.0 Å². The van der Waals surface area contributed by atoms with Crippen molar-refractivity contribution < 1.29 is 19.1 Å². The predicted octanol–water partition coefficient (Wildman–Crippen LogP) is 6.32. The molecule has 0 aliphatic carbocycles. The average molecular weight is 635 g/mol. The summed E-state index contributed by atoms with van der Waals surface area (Å²) in [6.45, 7) is 6.01. The highest BCUT2D eigenvalue weighted by Gasteiger charge is 2.35. The van der Waals surface area contributed by atoms with E-state index in [2.05, 4.69) is 29.2 Å². The molecule has 2 amide bonds. The highest BCUT2D eigenvalue weighted by molar-refractivity contribution is 6.26. The fourth-order valence-electron chi connectivity index (χ4n) is 7.01. The highest BCUT2D eigenvalue weighted by Crippen LogP contribution is 2.39. The monoisotopic (exact) mass is 634 g/mol. The number of allylic oxidation sites excluding steroid dienone is 1. The van der Waals surface area contributed by atoms with Crippen LogP contribution in [0.2, 0.25) is 0 Å². The highest BCUT2D eigenvalue weighted by atomic mass is 16.5. The number of amides is 2. The lowest BCUT2D eigenvalue weighted by molar-refractivity contribution is -0.116. The number of carbonyl (C=O) groups excluding carboxylic acids is 3. The average Bonchev–Trinajstić information content (AvgIpc) is 3.38. The lowest BCUT2D eigenvalue weighted by Crippen LogP contribution is -2.57. The molecule has 0 N–H and O–H groups in total. The Morgan fingerprint density at radius 1 is 0.771 bits per heavy atom. The van der Waals surface area contributed by atoms with Crippen molar-refractivity contribution >= 4 is 40.3 Å². The molecular formula is C40H34N4O4. The molecule has 0 radical (unpaired) electrons. The van der Waals surface area contributed by atoms with Gasteiger partial charge >= 0.3 is 0 Å². The largest absolute Gasteiger partial charge is 0.378 e. The maximum atomic E-state index is 13.9. The van der Waals surface area contributed by atoms with Crippen molar-refractivity contribution in [1.82, 2.24) is 14.8 Å². The molecule has 8 rings (SSSR count). The SMILES string of the molecule is CC(=O)N1/C(=C/c2cc(-c3ccccc3-c3ccccc3)c3cc(C(=O)N4CCN(C5COC5)CC4)ccc3n2)C(=O)c2ccccc21. The summed E-state index contributed by atoms with van der Waals surface area (Å²) in [5.74, 6) is -0.471. The Morgan fingerprint density at radius 3 is 2.17 bits per heavy atom. The fourth-order valence-corrected chi connectivity index (χ4v) is 7.01. The first-order valence-electron chi connectivity index (χ1n) is 16.3. The van der Waals surface area contributed by atoms with Crippen LogP contribution in [0.5, 0.6) is 0 Å². The molecule has 8 nitrogen and oxygen atoms in total. The van der Waals surface area contributed by atoms with Crippen LogP contribution in [-0.4, -0.2) is 77.8 Å². The number of ether oxygens (including phenoxy) is 1. The standard InChI is InChI=1S/C40H34N4O4/c1-26(45)44-37-14-8-7-13-33(37)39(46)38(44)23-29-22-34(32-12-6-5-11-31(32)27-9-3-2-4-10-27)35-21-28(15-16-36(35)41-29)40(47)43-19-17-42(18-20-43)30-24-48-25-30/h2-16,21-23,30H,17-20,24-25H2,1H3/b38-23+. The first kappa shape index (κ1) is 29.9. The summed E-state index contributed by atoms with van der Waals surface area (Å²) >= 11 is 0. The predicted molar refractivity (Wildman–Crippen MR) is 187 cm³/mol. The summed E-state index contributed by atoms with van der Waals surface area (Å²) in [4.78, 5) is 51.0. The zero-order chi connectivity index (χ0) is 32.8. The molecule has 0 unspecified atom stereocenters. The Morgan fingerprint density at radius 2 is 1.46 bits per heavy atom. The van der Waals surface area contributed by atoms with Gasteiger partial charge in [0.25, 0.3) is 5.91 Å². The third kappa shape index (κ3) is 5.29. The van der Waals surface area contributed by atoms with Crippen LogP contribution in [-0.2, 0) is 9.53 Å². The van der Waals surface area contributed by atoms with Gasteiger partial charge in [-0.3, -0.25) is 24.2 Å². The van der Waals surface area contributed by atoms with E-state index in [1.165, 1.54) is 11.8 Å². The molecule has 2 saturated heterocycles. The normalized spacial score (nSPS) is 17.5. The third-order valence-electron chi connectivity index (χ3n) is 9.58. The Hall–Kier alpha value is -5.44. The van der Waals surface area contributed by atoms with E-state index in [0.29, 0.717) is 47.2 Å². The lowest BCUT2D eigenvalue weighted by Gasteiger charge is -2.42. The van der Waals surface area contributed by atoms with Gasteiger partial charge in [0.15, 0.2) is 0 Å². The van der Waals surface area contributed by atoms with Crippen LogP contribution in [0.3, 0.4) is 0 Å². The molecule has 1 aromatic heterocycles. The van der Waals surface area contributed by atoms with Gasteiger partial charge in [-0.25, -0.2) is 4.98 Å². The van der Waals surface area contributed by atoms with Crippen LogP contribution in [0.1, 0.15) is 33.3 Å². The van der Waals surface area contributed by atoms with Crippen molar-refractivity contribution in [1.29, 1.82) is 0 Å². The minimum atomic E-state index is -0.250. The molecule has 3 aliphatic rings. The van der Waals surface area contributed by atoms with Crippen LogP contribution in [0.15, 0.2) is 109 Å². The number of benzene rings is 4. The number of para-hydroxylation sites is 1. The summed E-state index contributed by atoms with van der Waals surface area (Å²) < 4.78 is 5.37. The zero-order valence-electron chi connectivity index (χ0n) is 26.6. The summed E-state index contributed by atoms with van der Waals surface area (Å²) in [6, 6.07) is 33.6. The van der Waals surface area contributed by atoms with Gasteiger partial charge in [0, 0.05) is 49.6 Å². The van der Waals surface area contributed by atoms with E-state index in [-0.39, 0.29) is 23.3 Å². The number of carbonyl (C=O) groups is 3. The Kier molecular flexibility index (Phi) is 7.67. The molecule has 0 bridgehead atoms. The van der Waals surface area contributed by atoms with Crippen molar-refractivity contribution in [2.75, 3.05) is 44.3 Å². The number of anilines is 1. The number of hydrogen-bond acceptors (Lipinski definition) is 6. The first-order chi connectivity index (χ1) is 23.5. The first-order valence-corrected chi connectivity index (χ1v) is 16.3. The number of piperazine rings is 1. The fraction of sp³-hybridized carbons (Fsp3) is 0.200. The van der Waals surface area contributed by atoms with Crippen molar-refractivity contribution in [3.63, 3.8) is 0 Å². The van der Waals surface area contributed by atoms with E-state index in [4.69, 9.17) is 9.72 Å². The number of ketones is 1. The molecule has 4 aromatic carbocycles. The smallest absolute Gasteiger partial charge is 0.253 e. The maximum absolute atomic E-state index is 13.9. The molecule has 3 aliphatic heterocycles. The summed E-state index contributed by atoms with van der Waals surface area (Å²) in [5, 5.41) is 0.834. The maximum Gasteiger partial charge on any atom is 0.253 e. The van der Waals surface area contributed by atoms with E-state index in [1.54, 1.807) is 24.3 Å². The van der Waals surface area contributed by atoms with E-state index in [1.807, 2.05) is 65.6 Å². The second-order valence-electron chi connectivity index (χ2n) is 12.5. The number of nitrogens with zero attached hydrogens (tertiary/aromatic N) is 4. The Bertz CT molecular complexity index is 2110. The molecule has 238 valence electrons. The summed E-state index contributed by atoms with van der Waals surface area (Å²) in [6.07, 6.45) is 1.70. The molecular weight excluding hydrogens is 600 g/mol. The summed E-state index contributed by atoms with van der Waals surface area (Å²) in [5.41, 5.74) is 7.10. The van der Waals surface area contributed by atoms with Gasteiger partial charge in [-0.15, -0.1) is 0 Å². The molecule has 4 heterocycles. The lowest BCUT2D eigenvalue weighted by atomic mass is 9.91. The molecule has 0 spiro atoms. The van der Waals surface area contributed by atoms with E-state index >= 15 is 0 Å². The Balaban J connectivity index is 1.24. The number of Topliss-reactive ketones (excluding diaryl/α,β-unsaturated/α-hetero) is 1. The van der Waals surface area contributed by atoms with Crippen LogP contribution in [0, 0.1) is 0 Å². The molecule has 5 aromatic rings. The molecule has 8 heteroatoms. The van der Waals surface area contributed by atoms with Gasteiger partial charge < -0.3 is 9.64 Å². The minimum Gasteiger partial charge on any atom is -0.378 e. The topological polar surface area (TPSA) is 83.1 Å². The molecule has 48 heavy (non-hydrogen) atoms. The summed E-state index contributed by atoms with van der Waals surface area (Å²) in [7, 11) is 0. The molecule has 2 fully saturated rings. The van der Waals surface area contributed by atoms with Crippen LogP contribution in [0.25, 0.3) is 39.2 Å². The van der Waals surface area contributed by atoms with Gasteiger partial charge in [-0.1, -0.05) is 66.7 Å². The second kappa shape index (κ2) is 12.3. The minimum absolute atomic E-state index is 0.00122. The Labute approximate surface area is 278 Å². The van der Waals surface area contributed by atoms with Crippen LogP contribution < -0.4 is 4.90 Å². The second-order valence-corrected chi connectivity index (χ2v) is 12.5. The van der Waals surface area contributed by atoms with Gasteiger partial charge in [-0.2, -0.15) is 0 Å². The molecule has 0 saturated carbocycles. The van der Waals surface area contributed by atoms with Crippen LogP contribution in [0.4, 0.5) is 5.69 Å². The van der Waals surface area contributed by atoms with Crippen molar-refractivity contribution in [2.24, 2.45) is 0 Å².